The van der Waals surface area contributed by atoms with Gasteiger partial charge in [0.05, 0.1) is 16.3 Å². The summed E-state index contributed by atoms with van der Waals surface area (Å²) in [6.45, 7) is 11.8. The number of alkyl halides is 3. The van der Waals surface area contributed by atoms with Crippen molar-refractivity contribution in [3.63, 3.8) is 0 Å². The Morgan fingerprint density at radius 2 is 2.09 bits per heavy atom. The molecule has 0 aromatic heterocycles. The van der Waals surface area contributed by atoms with Crippen LogP contribution in [0.2, 0.25) is 5.02 Å². The van der Waals surface area contributed by atoms with Crippen molar-refractivity contribution in [2.45, 2.75) is 50.0 Å². The molecule has 1 amide bonds. The van der Waals surface area contributed by atoms with Gasteiger partial charge in [-0.25, -0.2) is 0 Å². The van der Waals surface area contributed by atoms with Crippen LogP contribution in [-0.4, -0.2) is 83.8 Å². The van der Waals surface area contributed by atoms with Crippen LogP contribution in [0.15, 0.2) is 36.1 Å². The highest BCUT2D eigenvalue weighted by molar-refractivity contribution is 6.33. The number of hydrazone groups is 1. The minimum atomic E-state index is -4.51. The number of benzene rings is 1. The second-order valence-electron chi connectivity index (χ2n) is 9.36. The predicted molar refractivity (Wildman–Crippen MR) is 131 cm³/mol. The third-order valence-corrected chi connectivity index (χ3v) is 7.68. The molecule has 0 radical (unpaired) electrons. The number of carbonyl (C=O) groups excluding carboxylic acids is 1. The molecule has 2 N–H and O–H groups in total. The smallest absolute Gasteiger partial charge is 0.323 e. The van der Waals surface area contributed by atoms with E-state index in [4.69, 9.17) is 11.6 Å². The van der Waals surface area contributed by atoms with E-state index in [9.17, 15) is 18.0 Å². The van der Waals surface area contributed by atoms with Crippen molar-refractivity contribution >= 4 is 29.4 Å². The maximum absolute atomic E-state index is 13.2. The summed E-state index contributed by atoms with van der Waals surface area (Å²) >= 11 is 6.04. The molecule has 0 bridgehead atoms. The van der Waals surface area contributed by atoms with Crippen molar-refractivity contribution < 1.29 is 18.0 Å². The fourth-order valence-electron chi connectivity index (χ4n) is 4.75. The molecule has 35 heavy (non-hydrogen) atoms. The third-order valence-electron chi connectivity index (χ3n) is 7.37. The number of rotatable bonds is 10. The van der Waals surface area contributed by atoms with Gasteiger partial charge in [-0.3, -0.25) is 19.6 Å². The molecule has 1 aromatic carbocycles. The largest absolute Gasteiger partial charge is 0.416 e. The Labute approximate surface area is 208 Å². The minimum Gasteiger partial charge on any atom is -0.323 e. The number of hydrogen-bond acceptors (Lipinski definition) is 6. The summed E-state index contributed by atoms with van der Waals surface area (Å²) in [5.74, 6) is -0.362. The summed E-state index contributed by atoms with van der Waals surface area (Å²) in [5, 5.41) is 12.0. The first-order chi connectivity index (χ1) is 16.7. The van der Waals surface area contributed by atoms with Crippen molar-refractivity contribution in [2.75, 3.05) is 44.6 Å². The highest BCUT2D eigenvalue weighted by Gasteiger charge is 2.49. The van der Waals surface area contributed by atoms with Crippen LogP contribution in [0.3, 0.4) is 0 Å². The van der Waals surface area contributed by atoms with Gasteiger partial charge in [-0.1, -0.05) is 25.1 Å². The van der Waals surface area contributed by atoms with Crippen LogP contribution in [0.5, 0.6) is 0 Å². The SMILES string of the molecule is C=CN(/N=C\CN(CC)C1CN(C2CNC2)C1)C1(C(=O)Nc2ccc(C(F)(F)F)cc2Cl)CCC1. The Hall–Kier alpha value is -2.14. The Bertz CT molecular complexity index is 957. The Morgan fingerprint density at radius 1 is 1.37 bits per heavy atom. The van der Waals surface area contributed by atoms with E-state index < -0.39 is 17.3 Å². The predicted octanol–water partition coefficient (Wildman–Crippen LogP) is 3.63. The first-order valence-corrected chi connectivity index (χ1v) is 12.4. The van der Waals surface area contributed by atoms with Gasteiger partial charge in [-0.2, -0.15) is 18.3 Å². The van der Waals surface area contributed by atoms with E-state index in [1.165, 1.54) is 12.3 Å². The Morgan fingerprint density at radius 3 is 2.57 bits per heavy atom. The minimum absolute atomic E-state index is 0.136. The number of nitrogens with one attached hydrogen (secondary N) is 2. The lowest BCUT2D eigenvalue weighted by molar-refractivity contribution is -0.137. The first kappa shape index (κ1) is 25.9. The van der Waals surface area contributed by atoms with Crippen molar-refractivity contribution in [3.05, 3.63) is 41.6 Å². The molecule has 11 heteroatoms. The van der Waals surface area contributed by atoms with E-state index in [-0.39, 0.29) is 16.6 Å². The van der Waals surface area contributed by atoms with Crippen molar-refractivity contribution in [2.24, 2.45) is 5.10 Å². The number of likely N-dealkylation sites (tertiary alicyclic amines) is 1. The number of likely N-dealkylation sites (N-methyl/N-ethyl adjacent to an activating group) is 1. The van der Waals surface area contributed by atoms with E-state index in [1.54, 1.807) is 11.2 Å². The van der Waals surface area contributed by atoms with Crippen LogP contribution >= 0.6 is 11.6 Å². The number of hydrogen-bond donors (Lipinski definition) is 2. The van der Waals surface area contributed by atoms with Gasteiger partial charge in [0.25, 0.3) is 5.91 Å². The number of amides is 1. The lowest BCUT2D eigenvalue weighted by atomic mass is 9.75. The Kier molecular flexibility index (Phi) is 7.75. The number of anilines is 1. The van der Waals surface area contributed by atoms with Gasteiger partial charge in [-0.05, 0) is 44.0 Å². The molecular formula is C24H32ClF3N6O. The van der Waals surface area contributed by atoms with E-state index in [2.05, 4.69) is 39.0 Å². The van der Waals surface area contributed by atoms with Gasteiger partial charge in [-0.15, -0.1) is 0 Å². The summed E-state index contributed by atoms with van der Waals surface area (Å²) in [4.78, 5) is 18.1. The molecule has 3 fully saturated rings. The Balaban J connectivity index is 1.37. The second kappa shape index (κ2) is 10.5. The zero-order valence-electron chi connectivity index (χ0n) is 19.8. The summed E-state index contributed by atoms with van der Waals surface area (Å²) in [7, 11) is 0. The van der Waals surface area contributed by atoms with Gasteiger partial charge < -0.3 is 10.6 Å². The molecule has 2 heterocycles. The second-order valence-corrected chi connectivity index (χ2v) is 9.77. The molecule has 2 saturated heterocycles. The number of carbonyl (C=O) groups is 1. The van der Waals surface area contributed by atoms with Crippen LogP contribution in [0.25, 0.3) is 0 Å². The van der Waals surface area contributed by atoms with Gasteiger partial charge in [0.15, 0.2) is 0 Å². The molecule has 192 valence electrons. The normalized spacial score (nSPS) is 20.9. The number of halogens is 4. The quantitative estimate of drug-likeness (QED) is 0.370. The highest BCUT2D eigenvalue weighted by Crippen LogP contribution is 2.40. The van der Waals surface area contributed by atoms with Crippen molar-refractivity contribution in [1.29, 1.82) is 0 Å². The fraction of sp³-hybridized carbons (Fsp3) is 0.583. The first-order valence-electron chi connectivity index (χ1n) is 12.0. The van der Waals surface area contributed by atoms with Crippen molar-refractivity contribution in [3.8, 4) is 0 Å². The fourth-order valence-corrected chi connectivity index (χ4v) is 4.98. The molecule has 2 aliphatic heterocycles. The summed E-state index contributed by atoms with van der Waals surface area (Å²) < 4.78 is 38.8. The standard InChI is InChI=1S/C24H32ClF3N6O/c1-3-32(19-15-33(16-19)18-13-29-14-18)11-10-30-34(4-2)23(8-5-9-23)22(35)31-21-7-6-17(12-20(21)25)24(26,27)28/h4,6-7,10,12,18-19,29H,2-3,5,8-9,11,13-16H2,1H3,(H,31,35)/b30-10-. The third kappa shape index (κ3) is 5.35. The molecule has 1 saturated carbocycles. The summed E-state index contributed by atoms with van der Waals surface area (Å²) in [6.07, 6.45) is 0.777. The van der Waals surface area contributed by atoms with Gasteiger partial charge in [0.1, 0.15) is 5.54 Å². The molecule has 0 spiro atoms. The van der Waals surface area contributed by atoms with Gasteiger partial charge in [0.2, 0.25) is 0 Å². The van der Waals surface area contributed by atoms with Gasteiger partial charge in [0, 0.05) is 57.2 Å². The van der Waals surface area contributed by atoms with Crippen LogP contribution in [0.1, 0.15) is 31.7 Å². The van der Waals surface area contributed by atoms with Crippen molar-refractivity contribution in [1.82, 2.24) is 20.1 Å². The summed E-state index contributed by atoms with van der Waals surface area (Å²) in [5.41, 5.74) is -1.67. The molecule has 0 atom stereocenters. The molecule has 7 nitrogen and oxygen atoms in total. The van der Waals surface area contributed by atoms with Crippen LogP contribution in [0, 0.1) is 0 Å². The maximum Gasteiger partial charge on any atom is 0.416 e. The molecular weight excluding hydrogens is 481 g/mol. The molecule has 3 aliphatic rings. The zero-order valence-corrected chi connectivity index (χ0v) is 20.6. The molecule has 1 aliphatic carbocycles. The van der Waals surface area contributed by atoms with E-state index in [0.29, 0.717) is 31.5 Å². The van der Waals surface area contributed by atoms with E-state index in [0.717, 1.165) is 51.3 Å². The van der Waals surface area contributed by atoms with E-state index in [1.807, 2.05) is 0 Å². The highest BCUT2D eigenvalue weighted by atomic mass is 35.5. The molecule has 1 aromatic rings. The average molecular weight is 513 g/mol. The monoisotopic (exact) mass is 512 g/mol. The zero-order chi connectivity index (χ0) is 25.2. The van der Waals surface area contributed by atoms with E-state index >= 15 is 0 Å². The van der Waals surface area contributed by atoms with Crippen LogP contribution in [-0.2, 0) is 11.0 Å². The lowest BCUT2D eigenvalue weighted by Crippen LogP contribution is -2.69. The average Bonchev–Trinajstić information content (AvgIpc) is 2.71. The van der Waals surface area contributed by atoms with Crippen LogP contribution in [0.4, 0.5) is 18.9 Å². The maximum atomic E-state index is 13.2. The topological polar surface area (TPSA) is 63.2 Å². The van der Waals surface area contributed by atoms with Crippen LogP contribution < -0.4 is 10.6 Å². The molecule has 4 rings (SSSR count). The lowest BCUT2D eigenvalue weighted by Gasteiger charge is -2.51. The molecule has 0 unspecified atom stereocenters. The van der Waals surface area contributed by atoms with Gasteiger partial charge >= 0.3 is 6.18 Å². The number of nitrogens with zero attached hydrogens (tertiary/aromatic N) is 4. The summed E-state index contributed by atoms with van der Waals surface area (Å²) in [6, 6.07) is 4.05.